The zero-order valence-electron chi connectivity index (χ0n) is 8.03. The lowest BCUT2D eigenvalue weighted by molar-refractivity contribution is 0.933. The summed E-state index contributed by atoms with van der Waals surface area (Å²) in [6.45, 7) is 2.74. The van der Waals surface area contributed by atoms with Crippen molar-refractivity contribution >= 4 is 5.70 Å². The topological polar surface area (TPSA) is 34.0 Å². The van der Waals surface area contributed by atoms with E-state index in [1.54, 1.807) is 10.6 Å². The maximum atomic E-state index is 11.5. The van der Waals surface area contributed by atoms with Gasteiger partial charge in [-0.1, -0.05) is 6.07 Å². The van der Waals surface area contributed by atoms with Gasteiger partial charge in [0.15, 0.2) is 0 Å². The highest BCUT2D eigenvalue weighted by atomic mass is 16.1. The SMILES string of the molecule is Cc1ccc(=O)n(C2=CCNC=C2)c1. The molecule has 0 amide bonds. The summed E-state index contributed by atoms with van der Waals surface area (Å²) in [5.74, 6) is 0. The second kappa shape index (κ2) is 3.54. The first-order valence-electron chi connectivity index (χ1n) is 4.57. The number of nitrogens with one attached hydrogen (secondary N) is 1. The second-order valence-electron chi connectivity index (χ2n) is 3.29. The average molecular weight is 188 g/mol. The van der Waals surface area contributed by atoms with E-state index in [1.807, 2.05) is 37.5 Å². The van der Waals surface area contributed by atoms with Crippen LogP contribution in [-0.4, -0.2) is 11.1 Å². The summed E-state index contributed by atoms with van der Waals surface area (Å²) in [5, 5.41) is 3.05. The molecule has 3 nitrogen and oxygen atoms in total. The van der Waals surface area contributed by atoms with E-state index in [-0.39, 0.29) is 5.56 Å². The molecule has 14 heavy (non-hydrogen) atoms. The van der Waals surface area contributed by atoms with Crippen molar-refractivity contribution < 1.29 is 0 Å². The zero-order chi connectivity index (χ0) is 9.97. The van der Waals surface area contributed by atoms with Gasteiger partial charge in [0.2, 0.25) is 0 Å². The first-order valence-corrected chi connectivity index (χ1v) is 4.57. The Morgan fingerprint density at radius 3 is 3.00 bits per heavy atom. The summed E-state index contributed by atoms with van der Waals surface area (Å²) < 4.78 is 1.66. The van der Waals surface area contributed by atoms with Gasteiger partial charge in [-0.25, -0.2) is 0 Å². The van der Waals surface area contributed by atoms with Crippen LogP contribution >= 0.6 is 0 Å². The lowest BCUT2D eigenvalue weighted by Crippen LogP contribution is -2.20. The van der Waals surface area contributed by atoms with Gasteiger partial charge in [-0.3, -0.25) is 9.36 Å². The van der Waals surface area contributed by atoms with Gasteiger partial charge in [0.05, 0.1) is 0 Å². The van der Waals surface area contributed by atoms with E-state index in [0.717, 1.165) is 17.8 Å². The molecule has 0 radical (unpaired) electrons. The van der Waals surface area contributed by atoms with Crippen LogP contribution in [0.2, 0.25) is 0 Å². The number of hydrogen-bond acceptors (Lipinski definition) is 2. The second-order valence-corrected chi connectivity index (χ2v) is 3.29. The molecule has 0 saturated carbocycles. The van der Waals surface area contributed by atoms with Crippen molar-refractivity contribution in [3.63, 3.8) is 0 Å². The van der Waals surface area contributed by atoms with E-state index < -0.39 is 0 Å². The Bertz CT molecular complexity index is 455. The molecule has 72 valence electrons. The molecule has 2 rings (SSSR count). The molecule has 1 aromatic heterocycles. The Labute approximate surface area is 82.4 Å². The molecule has 0 unspecified atom stereocenters. The largest absolute Gasteiger partial charge is 0.387 e. The maximum Gasteiger partial charge on any atom is 0.255 e. The van der Waals surface area contributed by atoms with Crippen molar-refractivity contribution in [3.8, 4) is 0 Å². The van der Waals surface area contributed by atoms with Crippen LogP contribution in [-0.2, 0) is 0 Å². The van der Waals surface area contributed by atoms with Crippen LogP contribution in [0.25, 0.3) is 5.70 Å². The van der Waals surface area contributed by atoms with Crippen LogP contribution in [0.3, 0.4) is 0 Å². The maximum absolute atomic E-state index is 11.5. The lowest BCUT2D eigenvalue weighted by Gasteiger charge is -2.11. The molecule has 3 heteroatoms. The number of hydrogen-bond donors (Lipinski definition) is 1. The minimum atomic E-state index is 0.00778. The highest BCUT2D eigenvalue weighted by Gasteiger charge is 2.01. The Hall–Kier alpha value is -1.77. The molecule has 0 saturated heterocycles. The smallest absolute Gasteiger partial charge is 0.255 e. The normalized spacial score (nSPS) is 14.8. The van der Waals surface area contributed by atoms with Crippen molar-refractivity contribution in [2.45, 2.75) is 6.92 Å². The standard InChI is InChI=1S/C11H12N2O/c1-9-2-3-11(14)13(8-9)10-4-6-12-7-5-10/h2-6,8,12H,7H2,1H3. The Morgan fingerprint density at radius 2 is 2.29 bits per heavy atom. The van der Waals surface area contributed by atoms with E-state index in [4.69, 9.17) is 0 Å². The van der Waals surface area contributed by atoms with Crippen molar-refractivity contribution in [2.24, 2.45) is 0 Å². The predicted octanol–water partition coefficient (Wildman–Crippen LogP) is 1.11. The summed E-state index contributed by atoms with van der Waals surface area (Å²) in [6, 6.07) is 3.41. The average Bonchev–Trinajstić information content (AvgIpc) is 2.23. The number of nitrogens with zero attached hydrogens (tertiary/aromatic N) is 1. The van der Waals surface area contributed by atoms with E-state index in [9.17, 15) is 4.79 Å². The van der Waals surface area contributed by atoms with Gasteiger partial charge in [-0.2, -0.15) is 0 Å². The third-order valence-electron chi connectivity index (χ3n) is 2.14. The Balaban J connectivity index is 2.50. The third-order valence-corrected chi connectivity index (χ3v) is 2.14. The van der Waals surface area contributed by atoms with E-state index >= 15 is 0 Å². The predicted molar refractivity (Wildman–Crippen MR) is 56.9 cm³/mol. The van der Waals surface area contributed by atoms with Crippen molar-refractivity contribution in [1.29, 1.82) is 0 Å². The number of aromatic nitrogens is 1. The van der Waals surface area contributed by atoms with E-state index in [2.05, 4.69) is 5.32 Å². The summed E-state index contributed by atoms with van der Waals surface area (Å²) >= 11 is 0. The number of aryl methyl sites for hydroxylation is 1. The molecule has 0 spiro atoms. The van der Waals surface area contributed by atoms with Gasteiger partial charge in [-0.15, -0.1) is 0 Å². The number of pyridine rings is 1. The number of allylic oxidation sites excluding steroid dienone is 2. The molecule has 0 bridgehead atoms. The van der Waals surface area contributed by atoms with Crippen LogP contribution < -0.4 is 10.9 Å². The first kappa shape index (κ1) is 8.81. The molecule has 0 fully saturated rings. The molecule has 1 aliphatic heterocycles. The molecule has 1 aromatic rings. The van der Waals surface area contributed by atoms with Gasteiger partial charge >= 0.3 is 0 Å². The summed E-state index contributed by atoms with van der Waals surface area (Å²) in [5.41, 5.74) is 2.02. The molecule has 0 atom stereocenters. The quantitative estimate of drug-likeness (QED) is 0.716. The lowest BCUT2D eigenvalue weighted by atomic mass is 10.2. The molecule has 0 aliphatic carbocycles. The molecule has 0 aromatic carbocycles. The summed E-state index contributed by atoms with van der Waals surface area (Å²) in [4.78, 5) is 11.5. The Kier molecular flexibility index (Phi) is 2.23. The van der Waals surface area contributed by atoms with Gasteiger partial charge in [0, 0.05) is 24.5 Å². The minimum absolute atomic E-state index is 0.00778. The third kappa shape index (κ3) is 1.62. The minimum Gasteiger partial charge on any atom is -0.387 e. The van der Waals surface area contributed by atoms with Crippen molar-refractivity contribution in [2.75, 3.05) is 6.54 Å². The van der Waals surface area contributed by atoms with Crippen molar-refractivity contribution in [1.82, 2.24) is 9.88 Å². The fourth-order valence-corrected chi connectivity index (χ4v) is 1.42. The van der Waals surface area contributed by atoms with Crippen LogP contribution in [0.4, 0.5) is 0 Å². The molecular formula is C11H12N2O. The molecule has 1 aliphatic rings. The Morgan fingerprint density at radius 1 is 1.43 bits per heavy atom. The monoisotopic (exact) mass is 188 g/mol. The van der Waals surface area contributed by atoms with Crippen LogP contribution in [0.5, 0.6) is 0 Å². The van der Waals surface area contributed by atoms with E-state index in [1.165, 1.54) is 0 Å². The highest BCUT2D eigenvalue weighted by Crippen LogP contribution is 2.06. The fourth-order valence-electron chi connectivity index (χ4n) is 1.42. The number of rotatable bonds is 1. The van der Waals surface area contributed by atoms with Gasteiger partial charge in [-0.05, 0) is 30.8 Å². The van der Waals surface area contributed by atoms with Gasteiger partial charge in [0.25, 0.3) is 5.56 Å². The van der Waals surface area contributed by atoms with Gasteiger partial charge in [0.1, 0.15) is 0 Å². The summed E-state index contributed by atoms with van der Waals surface area (Å²) in [7, 11) is 0. The zero-order valence-corrected chi connectivity index (χ0v) is 8.03. The number of dihydropyridines is 1. The summed E-state index contributed by atoms with van der Waals surface area (Å²) in [6.07, 6.45) is 7.58. The van der Waals surface area contributed by atoms with Crippen LogP contribution in [0.1, 0.15) is 5.56 Å². The highest BCUT2D eigenvalue weighted by molar-refractivity contribution is 5.58. The van der Waals surface area contributed by atoms with Gasteiger partial charge < -0.3 is 5.32 Å². The molecular weight excluding hydrogens is 176 g/mol. The molecule has 1 N–H and O–H groups in total. The van der Waals surface area contributed by atoms with Crippen molar-refractivity contribution in [3.05, 3.63) is 52.6 Å². The van der Waals surface area contributed by atoms with Crippen LogP contribution in [0.15, 0.2) is 41.5 Å². The van der Waals surface area contributed by atoms with Crippen LogP contribution in [0, 0.1) is 6.92 Å². The first-order chi connectivity index (χ1) is 6.77. The fraction of sp³-hybridized carbons (Fsp3) is 0.182. The molecule has 2 heterocycles. The van der Waals surface area contributed by atoms with E-state index in [0.29, 0.717) is 0 Å².